The molecule has 0 radical (unpaired) electrons. The summed E-state index contributed by atoms with van der Waals surface area (Å²) in [4.78, 5) is 21.6. The van der Waals surface area contributed by atoms with Gasteiger partial charge >= 0.3 is 5.97 Å². The number of rotatable bonds is 7. The van der Waals surface area contributed by atoms with Crippen LogP contribution in [0.1, 0.15) is 23.2 Å². The zero-order valence-electron chi connectivity index (χ0n) is 10.5. The summed E-state index contributed by atoms with van der Waals surface area (Å²) >= 11 is 0. The number of benzene rings is 1. The van der Waals surface area contributed by atoms with Crippen molar-refractivity contribution in [3.05, 3.63) is 23.8 Å². The fourth-order valence-corrected chi connectivity index (χ4v) is 1.38. The molecule has 0 N–H and O–H groups in total. The van der Waals surface area contributed by atoms with Crippen LogP contribution in [0.25, 0.3) is 0 Å². The maximum Gasteiger partial charge on any atom is 0.305 e. The summed E-state index contributed by atoms with van der Waals surface area (Å²) in [5, 5.41) is 0. The first-order valence-corrected chi connectivity index (χ1v) is 5.54. The van der Waals surface area contributed by atoms with Crippen molar-refractivity contribution in [2.45, 2.75) is 12.8 Å². The van der Waals surface area contributed by atoms with Crippen LogP contribution in [0.2, 0.25) is 0 Å². The zero-order valence-corrected chi connectivity index (χ0v) is 10.5. The molecule has 1 aromatic rings. The summed E-state index contributed by atoms with van der Waals surface area (Å²) in [5.74, 6) is 0.776. The molecule has 0 aliphatic carbocycles. The monoisotopic (exact) mass is 252 g/mol. The summed E-state index contributed by atoms with van der Waals surface area (Å²) in [5.41, 5.74) is 0.513. The molecule has 0 bridgehead atoms. The molecule has 5 nitrogen and oxygen atoms in total. The summed E-state index contributed by atoms with van der Waals surface area (Å²) in [6.07, 6.45) is 1.58. The summed E-state index contributed by atoms with van der Waals surface area (Å²) in [6.45, 7) is 0.355. The first kappa shape index (κ1) is 14.0. The van der Waals surface area contributed by atoms with Crippen molar-refractivity contribution < 1.29 is 23.8 Å². The van der Waals surface area contributed by atoms with Gasteiger partial charge in [-0.05, 0) is 24.6 Å². The smallest absolute Gasteiger partial charge is 0.305 e. The van der Waals surface area contributed by atoms with Crippen LogP contribution >= 0.6 is 0 Å². The lowest BCUT2D eigenvalue weighted by molar-refractivity contribution is -0.140. The van der Waals surface area contributed by atoms with Gasteiger partial charge in [-0.25, -0.2) is 0 Å². The molecule has 0 aliphatic heterocycles. The molecule has 0 unspecified atom stereocenters. The molecular formula is C13H16O5. The van der Waals surface area contributed by atoms with Gasteiger partial charge in [-0.3, -0.25) is 9.59 Å². The van der Waals surface area contributed by atoms with E-state index in [1.165, 1.54) is 14.2 Å². The van der Waals surface area contributed by atoms with E-state index in [9.17, 15) is 9.59 Å². The molecule has 18 heavy (non-hydrogen) atoms. The Balaban J connectivity index is 2.54. The third kappa shape index (κ3) is 4.08. The van der Waals surface area contributed by atoms with Crippen molar-refractivity contribution >= 4 is 12.3 Å². The fraction of sp³-hybridized carbons (Fsp3) is 0.385. The highest BCUT2D eigenvalue weighted by Crippen LogP contribution is 2.27. The lowest BCUT2D eigenvalue weighted by Gasteiger charge is -2.10. The van der Waals surface area contributed by atoms with Crippen LogP contribution in [0.3, 0.4) is 0 Å². The van der Waals surface area contributed by atoms with Crippen molar-refractivity contribution in [2.75, 3.05) is 20.8 Å². The van der Waals surface area contributed by atoms with E-state index < -0.39 is 0 Å². The van der Waals surface area contributed by atoms with Gasteiger partial charge in [0, 0.05) is 12.0 Å². The van der Waals surface area contributed by atoms with E-state index in [1.54, 1.807) is 18.2 Å². The first-order chi connectivity index (χ1) is 8.71. The van der Waals surface area contributed by atoms with E-state index in [0.717, 1.165) is 6.29 Å². The lowest BCUT2D eigenvalue weighted by atomic mass is 10.2. The van der Waals surface area contributed by atoms with Crippen LogP contribution in [0, 0.1) is 0 Å². The number of hydrogen-bond donors (Lipinski definition) is 0. The van der Waals surface area contributed by atoms with Gasteiger partial charge in [0.25, 0.3) is 0 Å². The molecule has 0 amide bonds. The van der Waals surface area contributed by atoms with E-state index in [-0.39, 0.29) is 5.97 Å². The quantitative estimate of drug-likeness (QED) is 0.421. The molecule has 0 aromatic heterocycles. The number of ether oxygens (including phenoxy) is 3. The molecule has 0 aliphatic rings. The predicted octanol–water partition coefficient (Wildman–Crippen LogP) is 1.84. The number of hydrogen-bond acceptors (Lipinski definition) is 5. The summed E-state index contributed by atoms with van der Waals surface area (Å²) in [6, 6.07) is 4.91. The second-order valence-corrected chi connectivity index (χ2v) is 3.56. The summed E-state index contributed by atoms with van der Waals surface area (Å²) < 4.78 is 15.1. The van der Waals surface area contributed by atoms with Gasteiger partial charge in [0.1, 0.15) is 6.29 Å². The minimum Gasteiger partial charge on any atom is -0.493 e. The van der Waals surface area contributed by atoms with Crippen molar-refractivity contribution in [1.82, 2.24) is 0 Å². The lowest BCUT2D eigenvalue weighted by Crippen LogP contribution is -2.05. The molecule has 98 valence electrons. The van der Waals surface area contributed by atoms with Crippen LogP contribution in [0.5, 0.6) is 11.5 Å². The zero-order chi connectivity index (χ0) is 13.4. The molecule has 1 rings (SSSR count). The number of carbonyl (C=O) groups excluding carboxylic acids is 2. The highest BCUT2D eigenvalue weighted by Gasteiger charge is 2.06. The molecule has 0 saturated carbocycles. The average Bonchev–Trinajstić information content (AvgIpc) is 2.42. The van der Waals surface area contributed by atoms with E-state index >= 15 is 0 Å². The third-order valence-electron chi connectivity index (χ3n) is 2.33. The average molecular weight is 252 g/mol. The number of aldehydes is 1. The topological polar surface area (TPSA) is 61.8 Å². The maximum absolute atomic E-state index is 10.9. The van der Waals surface area contributed by atoms with Crippen molar-refractivity contribution in [3.8, 4) is 11.5 Å². The predicted molar refractivity (Wildman–Crippen MR) is 65.1 cm³/mol. The van der Waals surface area contributed by atoms with Gasteiger partial charge in [-0.1, -0.05) is 0 Å². The van der Waals surface area contributed by atoms with Crippen LogP contribution in [-0.4, -0.2) is 33.1 Å². The summed E-state index contributed by atoms with van der Waals surface area (Å²) in [7, 11) is 2.87. The fourth-order valence-electron chi connectivity index (χ4n) is 1.38. The van der Waals surface area contributed by atoms with Gasteiger partial charge in [0.05, 0.1) is 20.8 Å². The van der Waals surface area contributed by atoms with E-state index in [1.807, 2.05) is 0 Å². The Hall–Kier alpha value is -2.04. The molecular weight excluding hydrogens is 236 g/mol. The van der Waals surface area contributed by atoms with Gasteiger partial charge < -0.3 is 14.2 Å². The molecule has 0 spiro atoms. The van der Waals surface area contributed by atoms with Crippen molar-refractivity contribution in [1.29, 1.82) is 0 Å². The first-order valence-electron chi connectivity index (χ1n) is 5.54. The number of esters is 1. The van der Waals surface area contributed by atoms with Gasteiger partial charge in [-0.2, -0.15) is 0 Å². The highest BCUT2D eigenvalue weighted by molar-refractivity contribution is 5.76. The molecule has 0 atom stereocenters. The molecule has 1 aromatic carbocycles. The molecule has 5 heteroatoms. The Bertz CT molecular complexity index is 414. The standard InChI is InChI=1S/C13H16O5/c1-16-11-6-5-10(9-14)8-12(11)18-7-3-4-13(15)17-2/h5-6,8-9H,3-4,7H2,1-2H3. The molecule has 0 heterocycles. The van der Waals surface area contributed by atoms with Crippen LogP contribution < -0.4 is 9.47 Å². The van der Waals surface area contributed by atoms with Crippen LogP contribution in [0.4, 0.5) is 0 Å². The second-order valence-electron chi connectivity index (χ2n) is 3.56. The third-order valence-corrected chi connectivity index (χ3v) is 2.33. The van der Waals surface area contributed by atoms with Crippen LogP contribution in [0.15, 0.2) is 18.2 Å². The van der Waals surface area contributed by atoms with Gasteiger partial charge in [-0.15, -0.1) is 0 Å². The second kappa shape index (κ2) is 7.32. The Morgan fingerprint density at radius 1 is 1.28 bits per heavy atom. The Kier molecular flexibility index (Phi) is 5.70. The minimum atomic E-state index is -0.271. The number of methoxy groups -OCH3 is 2. The minimum absolute atomic E-state index is 0.271. The van der Waals surface area contributed by atoms with Crippen molar-refractivity contribution in [3.63, 3.8) is 0 Å². The highest BCUT2D eigenvalue weighted by atomic mass is 16.5. The Morgan fingerprint density at radius 2 is 2.06 bits per heavy atom. The maximum atomic E-state index is 10.9. The Labute approximate surface area is 106 Å². The van der Waals surface area contributed by atoms with E-state index in [2.05, 4.69) is 4.74 Å². The normalized spacial score (nSPS) is 9.67. The van der Waals surface area contributed by atoms with Gasteiger partial charge in [0.15, 0.2) is 11.5 Å². The molecule has 0 saturated heterocycles. The largest absolute Gasteiger partial charge is 0.493 e. The van der Waals surface area contributed by atoms with E-state index in [0.29, 0.717) is 36.5 Å². The number of carbonyl (C=O) groups is 2. The van der Waals surface area contributed by atoms with E-state index in [4.69, 9.17) is 9.47 Å². The van der Waals surface area contributed by atoms with Crippen LogP contribution in [-0.2, 0) is 9.53 Å². The Morgan fingerprint density at radius 3 is 2.67 bits per heavy atom. The van der Waals surface area contributed by atoms with Gasteiger partial charge in [0.2, 0.25) is 0 Å². The molecule has 0 fully saturated rings. The SMILES string of the molecule is COC(=O)CCCOc1cc(C=O)ccc1OC. The van der Waals surface area contributed by atoms with Crippen molar-refractivity contribution in [2.24, 2.45) is 0 Å².